The topological polar surface area (TPSA) is 12.5 Å². The van der Waals surface area contributed by atoms with Crippen molar-refractivity contribution in [1.82, 2.24) is 0 Å². The summed E-state index contributed by atoms with van der Waals surface area (Å²) in [5.74, 6) is 0. The molecule has 1 unspecified atom stereocenters. The zero-order chi connectivity index (χ0) is 2.99. The molecule has 1 heterocycles. The molecule has 1 atom stereocenters. The zero-order valence-corrected chi connectivity index (χ0v) is 2.69. The molecule has 0 aliphatic carbocycles. The van der Waals surface area contributed by atoms with Crippen molar-refractivity contribution in [2.75, 3.05) is 6.61 Å². The van der Waals surface area contributed by atoms with Gasteiger partial charge in [-0.05, 0) is 6.92 Å². The zero-order valence-electron chi connectivity index (χ0n) is 2.69. The Morgan fingerprint density at radius 1 is 2.00 bits per heavy atom. The van der Waals surface area contributed by atoms with Crippen LogP contribution in [-0.2, 0) is 4.74 Å². The van der Waals surface area contributed by atoms with Crippen LogP contribution in [0.1, 0.15) is 6.92 Å². The summed E-state index contributed by atoms with van der Waals surface area (Å²) < 4.78 is 4.71. The van der Waals surface area contributed by atoms with Crippen LogP contribution in [0.2, 0.25) is 0 Å². The first-order chi connectivity index (χ1) is 1.89. The minimum absolute atomic E-state index is 0.583. The maximum absolute atomic E-state index is 4.71. The summed E-state index contributed by atoms with van der Waals surface area (Å²) >= 11 is 0. The van der Waals surface area contributed by atoms with E-state index in [0.29, 0.717) is 6.10 Å². The maximum Gasteiger partial charge on any atom is 0.0781 e. The molecule has 24 valence electrons. The summed E-state index contributed by atoms with van der Waals surface area (Å²) in [4.78, 5) is 0. The normalized spacial score (nSPS) is 39.8. The minimum Gasteiger partial charge on any atom is -0.373 e. The predicted octanol–water partition coefficient (Wildman–Crippen LogP) is 0.405. The molecule has 0 aromatic rings. The Morgan fingerprint density at radius 2 is 2.25 bits per heavy atom. The highest BCUT2D eigenvalue weighted by atomic mass is 16.6. The van der Waals surface area contributed by atoms with Crippen LogP contribution in [0.15, 0.2) is 0 Å². The van der Waals surface area contributed by atoms with Gasteiger partial charge in [-0.15, -0.1) is 0 Å². The lowest BCUT2D eigenvalue weighted by Gasteiger charge is -1.50. The Hall–Kier alpha value is -0.0400. The van der Waals surface area contributed by atoms with Gasteiger partial charge in [0.1, 0.15) is 0 Å². The van der Waals surface area contributed by atoms with Gasteiger partial charge in [0.05, 0.1) is 12.7 Å². The molecule has 0 bridgehead atoms. The molecule has 0 saturated carbocycles. The summed E-state index contributed by atoms with van der Waals surface area (Å²) in [6.45, 7) is 3.04. The molecule has 1 fully saturated rings. The fourth-order valence-corrected chi connectivity index (χ4v) is 0.0962. The first kappa shape index (κ1) is 2.21. The summed E-state index contributed by atoms with van der Waals surface area (Å²) in [6, 6.07) is 0. The van der Waals surface area contributed by atoms with Gasteiger partial charge in [0, 0.05) is 0 Å². The van der Waals surface area contributed by atoms with Crippen LogP contribution >= 0.6 is 0 Å². The third-order valence-corrected chi connectivity index (χ3v) is 0.500. The van der Waals surface area contributed by atoms with E-state index in [9.17, 15) is 0 Å². The van der Waals surface area contributed by atoms with Crippen LogP contribution in [0.25, 0.3) is 0 Å². The summed E-state index contributed by atoms with van der Waals surface area (Å²) in [7, 11) is 0. The molecule has 1 saturated heterocycles. The van der Waals surface area contributed by atoms with Gasteiger partial charge in [0.25, 0.3) is 0 Å². The number of ether oxygens (including phenoxy) is 1. The fourth-order valence-electron chi connectivity index (χ4n) is 0.0962. The number of epoxide rings is 1. The van der Waals surface area contributed by atoms with Gasteiger partial charge in [0.15, 0.2) is 0 Å². The maximum atomic E-state index is 4.71. The molecule has 0 N–H and O–H groups in total. The van der Waals surface area contributed by atoms with Crippen molar-refractivity contribution in [3.05, 3.63) is 0 Å². The quantitative estimate of drug-likeness (QED) is 0.367. The van der Waals surface area contributed by atoms with E-state index >= 15 is 0 Å². The minimum atomic E-state index is 0.583. The van der Waals surface area contributed by atoms with Gasteiger partial charge >= 0.3 is 0 Å². The van der Waals surface area contributed by atoms with Crippen molar-refractivity contribution in [3.63, 3.8) is 0 Å². The lowest BCUT2D eigenvalue weighted by atomic mass is 10.6. The molecule has 1 rings (SSSR count). The third-order valence-electron chi connectivity index (χ3n) is 0.500. The second-order valence-corrected chi connectivity index (χ2v) is 1.14. The average molecular weight is 58.1 g/mol. The Kier molecular flexibility index (Phi) is 0.256. The van der Waals surface area contributed by atoms with Crippen LogP contribution in [0.3, 0.4) is 0 Å². The van der Waals surface area contributed by atoms with Crippen molar-refractivity contribution in [2.24, 2.45) is 0 Å². The smallest absolute Gasteiger partial charge is 0.0781 e. The standard InChI is InChI=1S/C3H6O/c1-3-2-4-3/h3H,2H2,1H3/i4+0. The van der Waals surface area contributed by atoms with Gasteiger partial charge < -0.3 is 4.74 Å². The van der Waals surface area contributed by atoms with E-state index in [1.165, 1.54) is 0 Å². The molecule has 0 amide bonds. The first-order valence-electron chi connectivity index (χ1n) is 1.51. The van der Waals surface area contributed by atoms with Gasteiger partial charge in [-0.3, -0.25) is 0 Å². The van der Waals surface area contributed by atoms with Crippen molar-refractivity contribution < 1.29 is 4.74 Å². The Balaban J connectivity index is 2.17. The van der Waals surface area contributed by atoms with Crippen LogP contribution in [0.4, 0.5) is 0 Å². The van der Waals surface area contributed by atoms with Gasteiger partial charge in [-0.2, -0.15) is 0 Å². The molecule has 0 radical (unpaired) electrons. The van der Waals surface area contributed by atoms with Gasteiger partial charge in [-0.1, -0.05) is 0 Å². The molecular weight excluding hydrogens is 52.0 g/mol. The van der Waals surface area contributed by atoms with Crippen molar-refractivity contribution >= 4 is 0 Å². The summed E-state index contributed by atoms with van der Waals surface area (Å²) in [6.07, 6.45) is 0.583. The molecule has 1 nitrogen and oxygen atoms in total. The van der Waals surface area contributed by atoms with E-state index < -0.39 is 0 Å². The third kappa shape index (κ3) is 0.206. The monoisotopic (exact) mass is 58.0 g/mol. The molecule has 0 aromatic carbocycles. The van der Waals surface area contributed by atoms with Crippen LogP contribution in [0, 0.1) is 0 Å². The first-order valence-corrected chi connectivity index (χ1v) is 1.51. The highest BCUT2D eigenvalue weighted by molar-refractivity contribution is 4.58. The summed E-state index contributed by atoms with van der Waals surface area (Å²) in [5, 5.41) is 0. The Morgan fingerprint density at radius 3 is 2.25 bits per heavy atom. The van der Waals surface area contributed by atoms with Gasteiger partial charge in [-0.25, -0.2) is 0 Å². The van der Waals surface area contributed by atoms with Crippen molar-refractivity contribution in [3.8, 4) is 0 Å². The Labute approximate surface area is 25.6 Å². The SMILES string of the molecule is CC1C[16O]1. The number of hydrogen-bond acceptors (Lipinski definition) is 1. The lowest BCUT2D eigenvalue weighted by molar-refractivity contribution is 0.423. The van der Waals surface area contributed by atoms with E-state index in [4.69, 9.17) is 4.74 Å². The number of rotatable bonds is 0. The molecule has 1 heteroatoms. The molecule has 0 spiro atoms. The van der Waals surface area contributed by atoms with Crippen LogP contribution in [0.5, 0.6) is 0 Å². The average Bonchev–Trinajstić information content (AvgIpc) is 1.75. The Bertz CT molecular complexity index is 22.5. The molecule has 1 aliphatic rings. The van der Waals surface area contributed by atoms with Crippen molar-refractivity contribution in [1.29, 1.82) is 0 Å². The predicted molar refractivity (Wildman–Crippen MR) is 15.4 cm³/mol. The fraction of sp³-hybridized carbons (Fsp3) is 1.00. The molecule has 0 aromatic heterocycles. The van der Waals surface area contributed by atoms with Crippen molar-refractivity contribution in [2.45, 2.75) is 13.0 Å². The molecular formula is C3H6O. The second kappa shape index (κ2) is 0.462. The molecule has 4 heavy (non-hydrogen) atoms. The van der Waals surface area contributed by atoms with E-state index in [1.807, 2.05) is 0 Å². The van der Waals surface area contributed by atoms with Crippen LogP contribution in [-0.4, -0.2) is 12.7 Å². The highest BCUT2D eigenvalue weighted by Gasteiger charge is 2.13. The van der Waals surface area contributed by atoms with E-state index in [0.717, 1.165) is 6.61 Å². The highest BCUT2D eigenvalue weighted by Crippen LogP contribution is 2.04. The van der Waals surface area contributed by atoms with E-state index in [1.54, 1.807) is 0 Å². The number of hydrogen-bond donors (Lipinski definition) is 0. The van der Waals surface area contributed by atoms with E-state index in [2.05, 4.69) is 6.92 Å². The van der Waals surface area contributed by atoms with Crippen LogP contribution < -0.4 is 0 Å². The van der Waals surface area contributed by atoms with E-state index in [-0.39, 0.29) is 0 Å². The summed E-state index contributed by atoms with van der Waals surface area (Å²) in [5.41, 5.74) is 0. The van der Waals surface area contributed by atoms with Gasteiger partial charge in [0.2, 0.25) is 0 Å². The molecule has 1 aliphatic heterocycles. The largest absolute Gasteiger partial charge is 0.373 e. The second-order valence-electron chi connectivity index (χ2n) is 1.14. The lowest BCUT2D eigenvalue weighted by Crippen LogP contribution is -1.60.